The summed E-state index contributed by atoms with van der Waals surface area (Å²) in [6.07, 6.45) is 9.37. The number of esters is 1. The van der Waals surface area contributed by atoms with Crippen LogP contribution in [0.5, 0.6) is 0 Å². The van der Waals surface area contributed by atoms with Crippen molar-refractivity contribution < 1.29 is 19.4 Å². The molecule has 0 aromatic rings. The first-order chi connectivity index (χ1) is 11.0. The summed E-state index contributed by atoms with van der Waals surface area (Å²) >= 11 is 0. The highest BCUT2D eigenvalue weighted by Crippen LogP contribution is 2.61. The van der Waals surface area contributed by atoms with Gasteiger partial charge in [0.1, 0.15) is 0 Å². The van der Waals surface area contributed by atoms with E-state index in [0.29, 0.717) is 18.3 Å². The van der Waals surface area contributed by atoms with E-state index in [1.807, 2.05) is 0 Å². The van der Waals surface area contributed by atoms with E-state index in [-0.39, 0.29) is 24.5 Å². The number of amides is 1. The Morgan fingerprint density at radius 2 is 1.74 bits per heavy atom. The molecule has 0 aliphatic heterocycles. The Morgan fingerprint density at radius 3 is 2.35 bits per heavy atom. The Bertz CT molecular complexity index is 497. The third-order valence-corrected chi connectivity index (χ3v) is 6.52. The van der Waals surface area contributed by atoms with Gasteiger partial charge in [0.15, 0.2) is 6.61 Å². The van der Waals surface area contributed by atoms with Crippen molar-refractivity contribution in [2.45, 2.75) is 75.9 Å². The van der Waals surface area contributed by atoms with Crippen molar-refractivity contribution in [2.24, 2.45) is 17.3 Å². The first-order valence-electron chi connectivity index (χ1n) is 9.15. The molecule has 0 radical (unpaired) electrons. The van der Waals surface area contributed by atoms with Gasteiger partial charge in [-0.15, -0.1) is 0 Å². The molecule has 5 nitrogen and oxygen atoms in total. The van der Waals surface area contributed by atoms with Gasteiger partial charge < -0.3 is 15.2 Å². The second-order valence-corrected chi connectivity index (χ2v) is 8.59. The number of aliphatic hydroxyl groups is 1. The third kappa shape index (κ3) is 2.88. The quantitative estimate of drug-likeness (QED) is 0.776. The van der Waals surface area contributed by atoms with Crippen LogP contribution in [-0.4, -0.2) is 35.2 Å². The fourth-order valence-electron chi connectivity index (χ4n) is 6.08. The van der Waals surface area contributed by atoms with E-state index >= 15 is 0 Å². The van der Waals surface area contributed by atoms with Crippen LogP contribution in [0.4, 0.5) is 0 Å². The molecule has 4 bridgehead atoms. The zero-order chi connectivity index (χ0) is 16.1. The molecule has 5 aliphatic rings. The fourth-order valence-corrected chi connectivity index (χ4v) is 6.08. The smallest absolute Gasteiger partial charge is 0.312 e. The zero-order valence-corrected chi connectivity index (χ0v) is 13.7. The lowest BCUT2D eigenvalue weighted by molar-refractivity contribution is -0.196. The molecule has 0 heterocycles. The molecular weight excluding hydrogens is 294 g/mol. The van der Waals surface area contributed by atoms with Crippen molar-refractivity contribution in [1.29, 1.82) is 0 Å². The topological polar surface area (TPSA) is 75.6 Å². The summed E-state index contributed by atoms with van der Waals surface area (Å²) in [7, 11) is 0. The van der Waals surface area contributed by atoms with Crippen LogP contribution in [0.2, 0.25) is 0 Å². The summed E-state index contributed by atoms with van der Waals surface area (Å²) in [6, 6.07) is 0.251. The molecule has 0 unspecified atom stereocenters. The van der Waals surface area contributed by atoms with Crippen LogP contribution in [0.3, 0.4) is 0 Å². The molecule has 5 heteroatoms. The third-order valence-electron chi connectivity index (χ3n) is 6.52. The molecule has 1 amide bonds. The Morgan fingerprint density at radius 1 is 1.09 bits per heavy atom. The van der Waals surface area contributed by atoms with Crippen LogP contribution in [0.25, 0.3) is 0 Å². The van der Waals surface area contributed by atoms with Crippen molar-refractivity contribution in [3.8, 4) is 0 Å². The SMILES string of the molecule is O=C(COC(=O)C12C[C@@H]3C[C@H](CC(O)(C3)C1)C2)NC1CCCC1. The van der Waals surface area contributed by atoms with Crippen LogP contribution in [0.15, 0.2) is 0 Å². The first-order valence-corrected chi connectivity index (χ1v) is 9.15. The average molecular weight is 321 g/mol. The number of hydrogen-bond acceptors (Lipinski definition) is 4. The van der Waals surface area contributed by atoms with Crippen LogP contribution in [0.1, 0.15) is 64.2 Å². The van der Waals surface area contributed by atoms with Crippen LogP contribution in [0, 0.1) is 17.3 Å². The van der Waals surface area contributed by atoms with Gasteiger partial charge in [-0.25, -0.2) is 0 Å². The number of nitrogens with one attached hydrogen (secondary N) is 1. The summed E-state index contributed by atoms with van der Waals surface area (Å²) in [4.78, 5) is 24.6. The fraction of sp³-hybridized carbons (Fsp3) is 0.889. The lowest BCUT2D eigenvalue weighted by Crippen LogP contribution is -2.58. The van der Waals surface area contributed by atoms with Crippen LogP contribution >= 0.6 is 0 Å². The highest BCUT2D eigenvalue weighted by molar-refractivity contribution is 5.83. The van der Waals surface area contributed by atoms with Gasteiger partial charge >= 0.3 is 5.97 Å². The van der Waals surface area contributed by atoms with E-state index < -0.39 is 11.0 Å². The maximum absolute atomic E-state index is 12.7. The minimum Gasteiger partial charge on any atom is -0.455 e. The molecule has 2 atom stereocenters. The van der Waals surface area contributed by atoms with Crippen LogP contribution in [-0.2, 0) is 14.3 Å². The normalized spacial score (nSPS) is 42.0. The molecule has 0 aromatic heterocycles. The molecule has 5 fully saturated rings. The van der Waals surface area contributed by atoms with Gasteiger partial charge in [-0.3, -0.25) is 9.59 Å². The van der Waals surface area contributed by atoms with Crippen molar-refractivity contribution in [1.82, 2.24) is 5.32 Å². The van der Waals surface area contributed by atoms with Gasteiger partial charge in [0.05, 0.1) is 11.0 Å². The molecule has 0 spiro atoms. The Hall–Kier alpha value is -1.10. The number of carbonyl (C=O) groups is 2. The summed E-state index contributed by atoms with van der Waals surface area (Å²) in [5.41, 5.74) is -1.21. The Labute approximate surface area is 137 Å². The van der Waals surface area contributed by atoms with Crippen molar-refractivity contribution in [3.05, 3.63) is 0 Å². The van der Waals surface area contributed by atoms with Gasteiger partial charge in [0, 0.05) is 6.04 Å². The van der Waals surface area contributed by atoms with Crippen molar-refractivity contribution in [2.75, 3.05) is 6.61 Å². The number of rotatable bonds is 4. The van der Waals surface area contributed by atoms with E-state index in [1.54, 1.807) is 0 Å². The summed E-state index contributed by atoms with van der Waals surface area (Å²) in [5.74, 6) is 0.447. The predicted molar refractivity (Wildman–Crippen MR) is 83.4 cm³/mol. The molecule has 0 saturated heterocycles. The monoisotopic (exact) mass is 321 g/mol. The second-order valence-electron chi connectivity index (χ2n) is 8.59. The highest BCUT2D eigenvalue weighted by Gasteiger charge is 2.60. The summed E-state index contributed by atoms with van der Waals surface area (Å²) < 4.78 is 5.38. The number of carbonyl (C=O) groups excluding carboxylic acids is 2. The largest absolute Gasteiger partial charge is 0.455 e. The van der Waals surface area contributed by atoms with E-state index in [4.69, 9.17) is 4.74 Å². The minimum atomic E-state index is -0.671. The van der Waals surface area contributed by atoms with Gasteiger partial charge in [-0.05, 0) is 63.2 Å². The highest BCUT2D eigenvalue weighted by atomic mass is 16.5. The molecule has 2 N–H and O–H groups in total. The van der Waals surface area contributed by atoms with Crippen molar-refractivity contribution in [3.63, 3.8) is 0 Å². The van der Waals surface area contributed by atoms with E-state index in [1.165, 1.54) is 0 Å². The molecule has 5 saturated carbocycles. The number of hydrogen-bond donors (Lipinski definition) is 2. The number of ether oxygens (including phenoxy) is 1. The average Bonchev–Trinajstić information content (AvgIpc) is 2.95. The van der Waals surface area contributed by atoms with Crippen LogP contribution < -0.4 is 5.32 Å². The maximum Gasteiger partial charge on any atom is 0.312 e. The van der Waals surface area contributed by atoms with Crippen molar-refractivity contribution >= 4 is 11.9 Å². The lowest BCUT2D eigenvalue weighted by Gasteiger charge is -2.58. The summed E-state index contributed by atoms with van der Waals surface area (Å²) in [5, 5.41) is 13.6. The maximum atomic E-state index is 12.7. The lowest BCUT2D eigenvalue weighted by atomic mass is 9.48. The molecule has 23 heavy (non-hydrogen) atoms. The van der Waals surface area contributed by atoms with Gasteiger partial charge in [-0.2, -0.15) is 0 Å². The molecule has 5 rings (SSSR count). The first kappa shape index (κ1) is 15.4. The Kier molecular flexibility index (Phi) is 3.67. The van der Waals surface area contributed by atoms with E-state index in [0.717, 1.165) is 57.8 Å². The second kappa shape index (κ2) is 5.47. The molecule has 128 valence electrons. The summed E-state index contributed by atoms with van der Waals surface area (Å²) in [6.45, 7) is -0.176. The van der Waals surface area contributed by atoms with E-state index in [9.17, 15) is 14.7 Å². The predicted octanol–water partition coefficient (Wildman–Crippen LogP) is 1.92. The van der Waals surface area contributed by atoms with Gasteiger partial charge in [0.2, 0.25) is 0 Å². The molecule has 5 aliphatic carbocycles. The minimum absolute atomic E-state index is 0.176. The van der Waals surface area contributed by atoms with Gasteiger partial charge in [-0.1, -0.05) is 12.8 Å². The zero-order valence-electron chi connectivity index (χ0n) is 13.7. The van der Waals surface area contributed by atoms with Gasteiger partial charge in [0.25, 0.3) is 5.91 Å². The molecular formula is C18H27NO4. The standard InChI is InChI=1S/C18H27NO4/c20-15(19-14-3-1-2-4-14)10-23-16(21)17-6-12-5-13(7-17)9-18(22,8-12)11-17/h12-14,22H,1-11H2,(H,19,20)/t12-,13-,17?,18?/m0/s1. The van der Waals surface area contributed by atoms with E-state index in [2.05, 4.69) is 5.32 Å². The molecule has 0 aromatic carbocycles. The Balaban J connectivity index is 1.34.